The molecule has 0 aliphatic rings. The Kier molecular flexibility index (Phi) is 3.19. The zero-order valence-electron chi connectivity index (χ0n) is 10.3. The fraction of sp³-hybridized carbons (Fsp3) is 0. The molecule has 2 heterocycles. The number of carbonyl (C=O) groups is 1. The van der Waals surface area contributed by atoms with Gasteiger partial charge in [0.2, 0.25) is 0 Å². The molecule has 6 nitrogen and oxygen atoms in total. The zero-order valence-corrected chi connectivity index (χ0v) is 11.1. The Balaban J connectivity index is 1.97. The van der Waals surface area contributed by atoms with Crippen LogP contribution in [0.1, 0.15) is 10.4 Å². The van der Waals surface area contributed by atoms with Crippen molar-refractivity contribution in [1.29, 1.82) is 0 Å². The summed E-state index contributed by atoms with van der Waals surface area (Å²) >= 11 is 5.79. The van der Waals surface area contributed by atoms with Crippen molar-refractivity contribution >= 4 is 23.2 Å². The highest BCUT2D eigenvalue weighted by Gasteiger charge is 2.17. The van der Waals surface area contributed by atoms with Crippen LogP contribution in [0, 0.1) is 5.82 Å². The van der Waals surface area contributed by atoms with Gasteiger partial charge in [0.05, 0.1) is 5.56 Å². The van der Waals surface area contributed by atoms with Crippen molar-refractivity contribution in [3.63, 3.8) is 0 Å². The molecule has 0 unspecified atom stereocenters. The van der Waals surface area contributed by atoms with Gasteiger partial charge >= 0.3 is 5.97 Å². The summed E-state index contributed by atoms with van der Waals surface area (Å²) in [5.41, 5.74) is 0.0338. The monoisotopic (exact) mass is 307 g/mol. The Hall–Kier alpha value is -2.67. The van der Waals surface area contributed by atoms with Gasteiger partial charge < -0.3 is 9.84 Å². The second kappa shape index (κ2) is 5.02. The first kappa shape index (κ1) is 13.3. The summed E-state index contributed by atoms with van der Waals surface area (Å²) in [6.07, 6.45) is 3.00. The molecule has 106 valence electrons. The van der Waals surface area contributed by atoms with Crippen molar-refractivity contribution in [2.75, 3.05) is 0 Å². The number of hydrogen-bond donors (Lipinski definition) is 1. The van der Waals surface area contributed by atoms with E-state index in [1.165, 1.54) is 16.9 Å². The van der Waals surface area contributed by atoms with Crippen LogP contribution >= 0.6 is 11.6 Å². The van der Waals surface area contributed by atoms with Crippen molar-refractivity contribution in [1.82, 2.24) is 14.6 Å². The average Bonchev–Trinajstić information content (AvgIpc) is 2.91. The van der Waals surface area contributed by atoms with Gasteiger partial charge in [0.15, 0.2) is 11.5 Å². The normalized spacial score (nSPS) is 10.8. The van der Waals surface area contributed by atoms with E-state index in [-0.39, 0.29) is 5.75 Å². The van der Waals surface area contributed by atoms with E-state index >= 15 is 0 Å². The standard InChI is InChI=1S/C13H7ClFN3O3/c14-11-9(2-1-8(12(11)15)13(19)20)21-7-3-4-18-10(5-7)16-6-17-18/h1-6H,(H,19,20). The molecule has 0 saturated carbocycles. The van der Waals surface area contributed by atoms with Crippen molar-refractivity contribution in [3.05, 3.63) is 53.2 Å². The number of benzene rings is 1. The number of fused-ring (bicyclic) bond motifs is 1. The van der Waals surface area contributed by atoms with Crippen LogP contribution in [0.15, 0.2) is 36.8 Å². The molecular formula is C13H7ClFN3O3. The third kappa shape index (κ3) is 2.38. The summed E-state index contributed by atoms with van der Waals surface area (Å²) in [4.78, 5) is 14.8. The molecule has 0 radical (unpaired) electrons. The van der Waals surface area contributed by atoms with Gasteiger partial charge in [-0.3, -0.25) is 0 Å². The molecule has 21 heavy (non-hydrogen) atoms. The van der Waals surface area contributed by atoms with E-state index in [0.717, 1.165) is 6.07 Å². The first-order chi connectivity index (χ1) is 10.1. The lowest BCUT2D eigenvalue weighted by Gasteiger charge is -2.09. The second-order valence-corrected chi connectivity index (χ2v) is 4.45. The fourth-order valence-electron chi connectivity index (χ4n) is 1.76. The highest BCUT2D eigenvalue weighted by atomic mass is 35.5. The Morgan fingerprint density at radius 2 is 2.19 bits per heavy atom. The van der Waals surface area contributed by atoms with Gasteiger partial charge in [-0.05, 0) is 18.2 Å². The lowest BCUT2D eigenvalue weighted by atomic mass is 10.2. The summed E-state index contributed by atoms with van der Waals surface area (Å²) in [7, 11) is 0. The van der Waals surface area contributed by atoms with Crippen molar-refractivity contribution in [2.24, 2.45) is 0 Å². The fourth-order valence-corrected chi connectivity index (χ4v) is 1.97. The molecule has 1 aromatic carbocycles. The number of carboxylic acids is 1. The van der Waals surface area contributed by atoms with Gasteiger partial charge in [0.25, 0.3) is 0 Å². The minimum atomic E-state index is -1.40. The van der Waals surface area contributed by atoms with E-state index in [1.54, 1.807) is 18.3 Å². The van der Waals surface area contributed by atoms with Gasteiger partial charge in [-0.15, -0.1) is 0 Å². The highest BCUT2D eigenvalue weighted by Crippen LogP contribution is 2.33. The predicted molar refractivity (Wildman–Crippen MR) is 71.4 cm³/mol. The average molecular weight is 308 g/mol. The van der Waals surface area contributed by atoms with Gasteiger partial charge in [-0.1, -0.05) is 11.6 Å². The maximum atomic E-state index is 13.8. The minimum Gasteiger partial charge on any atom is -0.478 e. The van der Waals surface area contributed by atoms with Gasteiger partial charge in [-0.2, -0.15) is 5.10 Å². The molecule has 2 aromatic heterocycles. The third-order valence-electron chi connectivity index (χ3n) is 2.76. The molecule has 0 bridgehead atoms. The second-order valence-electron chi connectivity index (χ2n) is 4.07. The quantitative estimate of drug-likeness (QED) is 0.805. The number of ether oxygens (including phenoxy) is 1. The molecule has 0 aliphatic carbocycles. The van der Waals surface area contributed by atoms with Crippen LogP contribution in [0.2, 0.25) is 5.02 Å². The summed E-state index contributed by atoms with van der Waals surface area (Å²) in [5.74, 6) is -2.04. The van der Waals surface area contributed by atoms with Crippen LogP contribution < -0.4 is 4.74 Å². The summed E-state index contributed by atoms with van der Waals surface area (Å²) in [6.45, 7) is 0. The topological polar surface area (TPSA) is 76.7 Å². The van der Waals surface area contributed by atoms with E-state index in [2.05, 4.69) is 10.1 Å². The number of hydrogen-bond acceptors (Lipinski definition) is 4. The number of nitrogens with zero attached hydrogens (tertiary/aromatic N) is 3. The number of carboxylic acid groups (broad SMARTS) is 1. The van der Waals surface area contributed by atoms with Crippen LogP contribution in [0.3, 0.4) is 0 Å². The zero-order chi connectivity index (χ0) is 15.0. The van der Waals surface area contributed by atoms with Crippen molar-refractivity contribution in [3.8, 4) is 11.5 Å². The van der Waals surface area contributed by atoms with Crippen LogP contribution in [0.4, 0.5) is 4.39 Å². The molecule has 1 N–H and O–H groups in total. The Bertz CT molecular complexity index is 850. The van der Waals surface area contributed by atoms with Crippen LogP contribution in [0.5, 0.6) is 11.5 Å². The molecule has 8 heteroatoms. The lowest BCUT2D eigenvalue weighted by molar-refractivity contribution is 0.0692. The first-order valence-corrected chi connectivity index (χ1v) is 6.12. The van der Waals surface area contributed by atoms with Crippen LogP contribution in [0.25, 0.3) is 5.65 Å². The van der Waals surface area contributed by atoms with Crippen molar-refractivity contribution in [2.45, 2.75) is 0 Å². The van der Waals surface area contributed by atoms with Gasteiger partial charge in [0.1, 0.15) is 22.8 Å². The van der Waals surface area contributed by atoms with Gasteiger partial charge in [0, 0.05) is 12.3 Å². The van der Waals surface area contributed by atoms with E-state index < -0.39 is 22.4 Å². The number of pyridine rings is 1. The number of aromatic carboxylic acids is 1. The predicted octanol–water partition coefficient (Wildman–Crippen LogP) is 3.01. The van der Waals surface area contributed by atoms with E-state index in [1.807, 2.05) is 0 Å². The molecule has 0 amide bonds. The minimum absolute atomic E-state index is 0.0167. The van der Waals surface area contributed by atoms with Crippen LogP contribution in [-0.4, -0.2) is 25.7 Å². The summed E-state index contributed by atoms with van der Waals surface area (Å²) in [5, 5.41) is 12.3. The van der Waals surface area contributed by atoms with Gasteiger partial charge in [-0.25, -0.2) is 18.7 Å². The van der Waals surface area contributed by atoms with Crippen molar-refractivity contribution < 1.29 is 19.0 Å². The highest BCUT2D eigenvalue weighted by molar-refractivity contribution is 6.32. The molecule has 0 fully saturated rings. The maximum Gasteiger partial charge on any atom is 0.338 e. The van der Waals surface area contributed by atoms with Crippen LogP contribution in [-0.2, 0) is 0 Å². The molecule has 0 saturated heterocycles. The first-order valence-electron chi connectivity index (χ1n) is 5.75. The molecule has 0 spiro atoms. The Morgan fingerprint density at radius 1 is 1.38 bits per heavy atom. The molecule has 0 atom stereocenters. The smallest absolute Gasteiger partial charge is 0.338 e. The lowest BCUT2D eigenvalue weighted by Crippen LogP contribution is -2.01. The third-order valence-corrected chi connectivity index (χ3v) is 3.11. The summed E-state index contributed by atoms with van der Waals surface area (Å²) < 4.78 is 20.8. The maximum absolute atomic E-state index is 13.8. The largest absolute Gasteiger partial charge is 0.478 e. The number of halogens is 2. The van der Waals surface area contributed by atoms with E-state index in [4.69, 9.17) is 21.4 Å². The summed E-state index contributed by atoms with van der Waals surface area (Å²) in [6, 6.07) is 5.57. The molecule has 0 aliphatic heterocycles. The SMILES string of the molecule is O=C(O)c1ccc(Oc2ccn3ncnc3c2)c(Cl)c1F. The molecule has 3 aromatic rings. The Morgan fingerprint density at radius 3 is 2.95 bits per heavy atom. The Labute approximate surface area is 122 Å². The number of rotatable bonds is 3. The molecule has 3 rings (SSSR count). The number of aromatic nitrogens is 3. The molecular weight excluding hydrogens is 301 g/mol. The van der Waals surface area contributed by atoms with E-state index in [9.17, 15) is 9.18 Å². The van der Waals surface area contributed by atoms with E-state index in [0.29, 0.717) is 11.4 Å².